The Kier molecular flexibility index (Phi) is 11.7. The summed E-state index contributed by atoms with van der Waals surface area (Å²) in [5, 5.41) is 11.3. The minimum absolute atomic E-state index is 0.115. The van der Waals surface area contributed by atoms with E-state index < -0.39 is 23.4 Å². The molecule has 11 nitrogen and oxygen atoms in total. The molecule has 0 bridgehead atoms. The van der Waals surface area contributed by atoms with Crippen LogP contribution in [0.15, 0.2) is 79.1 Å². The Morgan fingerprint density at radius 1 is 0.875 bits per heavy atom. The van der Waals surface area contributed by atoms with Crippen LogP contribution in [0, 0.1) is 0 Å². The van der Waals surface area contributed by atoms with Crippen molar-refractivity contribution in [1.82, 2.24) is 5.32 Å². The molecule has 1 amide bonds. The molecule has 0 radical (unpaired) electrons. The number of carbonyl (C=O) groups is 2. The Hall–Kier alpha value is -4.85. The number of carboxylic acids is 1. The number of nitrogens with two attached hydrogens (primary N) is 1. The van der Waals surface area contributed by atoms with Crippen molar-refractivity contribution in [2.24, 2.45) is 5.73 Å². The molecule has 0 saturated carbocycles. The first kappa shape index (κ1) is 31.4. The highest BCUT2D eigenvalue weighted by Crippen LogP contribution is 2.23. The summed E-state index contributed by atoms with van der Waals surface area (Å²) >= 11 is 0. The molecular formula is C26H25F3N2O9. The van der Waals surface area contributed by atoms with Gasteiger partial charge < -0.3 is 34.5 Å². The van der Waals surface area contributed by atoms with Gasteiger partial charge in [-0.1, -0.05) is 24.3 Å². The summed E-state index contributed by atoms with van der Waals surface area (Å²) in [4.78, 5) is 42.1. The zero-order valence-corrected chi connectivity index (χ0v) is 21.0. The molecule has 0 unspecified atom stereocenters. The third-order valence-corrected chi connectivity index (χ3v) is 4.58. The Morgan fingerprint density at radius 3 is 1.70 bits per heavy atom. The summed E-state index contributed by atoms with van der Waals surface area (Å²) < 4.78 is 52.6. The average Bonchev–Trinajstić information content (AvgIpc) is 2.89. The number of hydrogen-bond acceptors (Lipinski definition) is 9. The van der Waals surface area contributed by atoms with Crippen LogP contribution < -0.4 is 31.8 Å². The lowest BCUT2D eigenvalue weighted by Gasteiger charge is -2.08. The SMILES string of the molecule is CC(=O)NCCOc1cc(=O)oc2ccccc12.NCCOc1cc(=O)oc2ccccc12.O=C(O)C(F)(F)F. The van der Waals surface area contributed by atoms with Crippen LogP contribution >= 0.6 is 0 Å². The first-order valence-electron chi connectivity index (χ1n) is 11.5. The first-order valence-corrected chi connectivity index (χ1v) is 11.5. The Balaban J connectivity index is 0.000000230. The molecule has 40 heavy (non-hydrogen) atoms. The highest BCUT2D eigenvalue weighted by Gasteiger charge is 2.38. The van der Waals surface area contributed by atoms with Crippen LogP contribution in [0.4, 0.5) is 13.2 Å². The number of carboxylic acid groups (broad SMARTS) is 1. The Labute approximate surface area is 223 Å². The lowest BCUT2D eigenvalue weighted by Crippen LogP contribution is -2.25. The van der Waals surface area contributed by atoms with E-state index in [1.54, 1.807) is 24.3 Å². The van der Waals surface area contributed by atoms with Crippen molar-refractivity contribution in [2.45, 2.75) is 13.1 Å². The van der Waals surface area contributed by atoms with Crippen molar-refractivity contribution < 1.29 is 46.2 Å². The summed E-state index contributed by atoms with van der Waals surface area (Å²) in [5.41, 5.74) is 5.47. The average molecular weight is 566 g/mol. The molecular weight excluding hydrogens is 541 g/mol. The predicted octanol–water partition coefficient (Wildman–Crippen LogP) is 3.07. The number of benzene rings is 2. The van der Waals surface area contributed by atoms with Gasteiger partial charge in [0.1, 0.15) is 35.9 Å². The van der Waals surface area contributed by atoms with E-state index >= 15 is 0 Å². The predicted molar refractivity (Wildman–Crippen MR) is 137 cm³/mol. The number of nitrogens with one attached hydrogen (secondary N) is 1. The number of alkyl halides is 3. The third kappa shape index (κ3) is 10.1. The fourth-order valence-electron chi connectivity index (χ4n) is 2.96. The van der Waals surface area contributed by atoms with Crippen molar-refractivity contribution in [3.8, 4) is 11.5 Å². The number of hydrogen-bond donors (Lipinski definition) is 3. The summed E-state index contributed by atoms with van der Waals surface area (Å²) in [6, 6.07) is 17.0. The van der Waals surface area contributed by atoms with Crippen molar-refractivity contribution in [1.29, 1.82) is 0 Å². The maximum atomic E-state index is 11.3. The molecule has 14 heteroatoms. The second kappa shape index (κ2) is 14.9. The molecule has 0 spiro atoms. The largest absolute Gasteiger partial charge is 0.491 e. The van der Waals surface area contributed by atoms with Gasteiger partial charge in [0.05, 0.1) is 29.4 Å². The van der Waals surface area contributed by atoms with Gasteiger partial charge >= 0.3 is 23.4 Å². The molecule has 0 fully saturated rings. The van der Waals surface area contributed by atoms with Gasteiger partial charge in [-0.25, -0.2) is 14.4 Å². The van der Waals surface area contributed by atoms with E-state index in [0.29, 0.717) is 49.0 Å². The van der Waals surface area contributed by atoms with Crippen LogP contribution in [0.2, 0.25) is 0 Å². The second-order valence-corrected chi connectivity index (χ2v) is 7.62. The van der Waals surface area contributed by atoms with Gasteiger partial charge in [0, 0.05) is 13.5 Å². The topological polar surface area (TPSA) is 171 Å². The molecule has 0 atom stereocenters. The number of halogens is 3. The van der Waals surface area contributed by atoms with Crippen LogP contribution in [0.25, 0.3) is 21.9 Å². The van der Waals surface area contributed by atoms with Crippen molar-refractivity contribution >= 4 is 33.8 Å². The van der Waals surface area contributed by atoms with E-state index in [1.165, 1.54) is 19.1 Å². The number of para-hydroxylation sites is 2. The smallest absolute Gasteiger partial charge is 0.490 e. The zero-order chi connectivity index (χ0) is 29.7. The van der Waals surface area contributed by atoms with Gasteiger partial charge in [0.2, 0.25) is 5.91 Å². The van der Waals surface area contributed by atoms with Crippen LogP contribution in [-0.2, 0) is 9.59 Å². The van der Waals surface area contributed by atoms with Crippen molar-refractivity contribution in [3.63, 3.8) is 0 Å². The molecule has 4 N–H and O–H groups in total. The normalized spacial score (nSPS) is 10.5. The van der Waals surface area contributed by atoms with Gasteiger partial charge in [0.25, 0.3) is 0 Å². The Morgan fingerprint density at radius 2 is 1.30 bits per heavy atom. The molecule has 0 aliphatic heterocycles. The van der Waals surface area contributed by atoms with Crippen LogP contribution in [0.3, 0.4) is 0 Å². The quantitative estimate of drug-likeness (QED) is 0.223. The van der Waals surface area contributed by atoms with E-state index in [1.807, 2.05) is 24.3 Å². The van der Waals surface area contributed by atoms with Crippen molar-refractivity contribution in [2.75, 3.05) is 26.3 Å². The highest BCUT2D eigenvalue weighted by atomic mass is 19.4. The summed E-state index contributed by atoms with van der Waals surface area (Å²) in [5.74, 6) is -1.89. The molecule has 0 aliphatic rings. The third-order valence-electron chi connectivity index (χ3n) is 4.58. The van der Waals surface area contributed by atoms with E-state index in [2.05, 4.69) is 5.32 Å². The summed E-state index contributed by atoms with van der Waals surface area (Å²) in [6.45, 7) is 2.92. The van der Waals surface area contributed by atoms with E-state index in [-0.39, 0.29) is 5.91 Å². The monoisotopic (exact) mass is 566 g/mol. The molecule has 0 aliphatic carbocycles. The van der Waals surface area contributed by atoms with Gasteiger partial charge in [0.15, 0.2) is 0 Å². The van der Waals surface area contributed by atoms with Crippen molar-refractivity contribution in [3.05, 3.63) is 81.5 Å². The highest BCUT2D eigenvalue weighted by molar-refractivity contribution is 5.83. The number of aliphatic carboxylic acids is 1. The summed E-state index contributed by atoms with van der Waals surface area (Å²) in [6.07, 6.45) is -5.08. The lowest BCUT2D eigenvalue weighted by atomic mass is 10.2. The second-order valence-electron chi connectivity index (χ2n) is 7.62. The lowest BCUT2D eigenvalue weighted by molar-refractivity contribution is -0.192. The fourth-order valence-corrected chi connectivity index (χ4v) is 2.96. The molecule has 2 heterocycles. The maximum Gasteiger partial charge on any atom is 0.490 e. The van der Waals surface area contributed by atoms with Gasteiger partial charge in [-0.2, -0.15) is 13.2 Å². The standard InChI is InChI=1S/C13H13NO4.C11H11NO3.C2HF3O2/c1-9(15)14-6-7-17-12-8-13(16)18-11-5-3-2-4-10(11)12;12-5-6-14-10-7-11(13)15-9-4-2-1-3-8(9)10;3-2(4,5)1(6)7/h2-5,8H,6-7H2,1H3,(H,14,15);1-4,7H,5-6,12H2;(H,6,7). The number of carbonyl (C=O) groups excluding carboxylic acids is 1. The number of fused-ring (bicyclic) bond motifs is 2. The van der Waals surface area contributed by atoms with Crippen LogP contribution in [-0.4, -0.2) is 49.5 Å². The molecule has 214 valence electrons. The molecule has 4 aromatic rings. The Bertz CT molecular complexity index is 1550. The van der Waals surface area contributed by atoms with Gasteiger partial charge in [-0.15, -0.1) is 0 Å². The summed E-state index contributed by atoms with van der Waals surface area (Å²) in [7, 11) is 0. The number of amides is 1. The number of ether oxygens (including phenoxy) is 2. The molecule has 2 aromatic heterocycles. The van der Waals surface area contributed by atoms with E-state index in [9.17, 15) is 27.6 Å². The minimum atomic E-state index is -5.08. The van der Waals surface area contributed by atoms with Gasteiger partial charge in [-0.3, -0.25) is 4.79 Å². The molecule has 2 aromatic carbocycles. The minimum Gasteiger partial charge on any atom is -0.491 e. The van der Waals surface area contributed by atoms with Gasteiger partial charge in [-0.05, 0) is 24.3 Å². The molecule has 4 rings (SSSR count). The first-order chi connectivity index (χ1) is 18.9. The maximum absolute atomic E-state index is 11.3. The number of rotatable bonds is 7. The molecule has 0 saturated heterocycles. The van der Waals surface area contributed by atoms with E-state index in [0.717, 1.165) is 10.8 Å². The zero-order valence-electron chi connectivity index (χ0n) is 21.0. The van der Waals surface area contributed by atoms with Crippen LogP contribution in [0.1, 0.15) is 6.92 Å². The van der Waals surface area contributed by atoms with Crippen LogP contribution in [0.5, 0.6) is 11.5 Å². The fraction of sp³-hybridized carbons (Fsp3) is 0.231. The van der Waals surface area contributed by atoms with E-state index in [4.69, 9.17) is 33.9 Å².